The molecular weight excluding hydrogens is 364 g/mol. The van der Waals surface area contributed by atoms with Crippen LogP contribution in [0.3, 0.4) is 0 Å². The number of hydrogen-bond donors (Lipinski definition) is 0. The lowest BCUT2D eigenvalue weighted by molar-refractivity contribution is -0.158. The molecule has 0 radical (unpaired) electrons. The Labute approximate surface area is 171 Å². The van der Waals surface area contributed by atoms with Gasteiger partial charge in [0.15, 0.2) is 0 Å². The molecule has 1 saturated carbocycles. The highest BCUT2D eigenvalue weighted by atomic mass is 16.5. The molecule has 1 aliphatic carbocycles. The van der Waals surface area contributed by atoms with E-state index >= 15 is 0 Å². The quantitative estimate of drug-likeness (QED) is 0.546. The summed E-state index contributed by atoms with van der Waals surface area (Å²) in [5.74, 6) is 1.97. The fourth-order valence-electron chi connectivity index (χ4n) is 5.10. The molecule has 5 heteroatoms. The molecule has 4 fully saturated rings. The molecule has 4 aliphatic rings. The van der Waals surface area contributed by atoms with Gasteiger partial charge in [-0.2, -0.15) is 0 Å². The second-order valence-corrected chi connectivity index (χ2v) is 8.66. The van der Waals surface area contributed by atoms with Crippen molar-refractivity contribution in [2.75, 3.05) is 20.2 Å². The molecule has 1 aromatic heterocycles. The fraction of sp³-hybridized carbons (Fsp3) is 0.500. The number of hydrogen-bond acceptors (Lipinski definition) is 5. The average molecular weight is 392 g/mol. The highest BCUT2D eigenvalue weighted by Crippen LogP contribution is 2.44. The van der Waals surface area contributed by atoms with Gasteiger partial charge in [-0.05, 0) is 68.3 Å². The van der Waals surface area contributed by atoms with Gasteiger partial charge in [-0.1, -0.05) is 6.08 Å². The normalized spacial score (nSPS) is 29.4. The van der Waals surface area contributed by atoms with Gasteiger partial charge in [0.1, 0.15) is 11.9 Å². The third-order valence-electron chi connectivity index (χ3n) is 6.95. The first kappa shape index (κ1) is 18.6. The molecule has 4 heterocycles. The lowest BCUT2D eigenvalue weighted by atomic mass is 9.73. The van der Waals surface area contributed by atoms with Crippen LogP contribution in [0.15, 0.2) is 43.1 Å². The molecule has 3 saturated heterocycles. The molecule has 0 amide bonds. The maximum absolute atomic E-state index is 12.7. The second-order valence-electron chi connectivity index (χ2n) is 8.66. The van der Waals surface area contributed by atoms with E-state index < -0.39 is 0 Å². The van der Waals surface area contributed by atoms with Gasteiger partial charge in [0.05, 0.1) is 24.6 Å². The zero-order valence-electron chi connectivity index (χ0n) is 16.9. The topological polar surface area (TPSA) is 51.7 Å². The van der Waals surface area contributed by atoms with E-state index in [0.717, 1.165) is 54.6 Å². The molecule has 3 aliphatic heterocycles. The Kier molecular flexibility index (Phi) is 4.78. The Morgan fingerprint density at radius 2 is 2.17 bits per heavy atom. The molecule has 1 unspecified atom stereocenters. The number of carbonyl (C=O) groups excluding carboxylic acids is 1. The minimum absolute atomic E-state index is 0.0502. The lowest BCUT2D eigenvalue weighted by Crippen LogP contribution is -2.55. The van der Waals surface area contributed by atoms with Crippen molar-refractivity contribution in [1.82, 2.24) is 9.88 Å². The lowest BCUT2D eigenvalue weighted by Gasteiger charge is -2.51. The molecular formula is C24H28N2O3. The van der Waals surface area contributed by atoms with Gasteiger partial charge >= 0.3 is 5.97 Å². The van der Waals surface area contributed by atoms with E-state index in [1.54, 1.807) is 7.11 Å². The van der Waals surface area contributed by atoms with Crippen molar-refractivity contribution in [2.45, 2.75) is 37.8 Å². The number of piperidine rings is 3. The number of aromatic nitrogens is 1. The maximum Gasteiger partial charge on any atom is 0.309 e. The minimum Gasteiger partial charge on any atom is -0.497 e. The number of methoxy groups -OCH3 is 1. The molecule has 0 spiro atoms. The van der Waals surface area contributed by atoms with Crippen LogP contribution in [0.2, 0.25) is 0 Å². The number of pyridine rings is 1. The SMILES string of the molecule is C=C[C@H]1CN2CC[C@H]1C[C@@H]2[C@@H](OC(=O)C1CC1)c1ccnc2ccc(OC)cc12. The summed E-state index contributed by atoms with van der Waals surface area (Å²) in [6.07, 6.45) is 7.77. The minimum atomic E-state index is -0.283. The zero-order valence-corrected chi connectivity index (χ0v) is 16.9. The Morgan fingerprint density at radius 3 is 2.86 bits per heavy atom. The van der Waals surface area contributed by atoms with Gasteiger partial charge < -0.3 is 9.47 Å². The van der Waals surface area contributed by atoms with Crippen molar-refractivity contribution in [2.24, 2.45) is 17.8 Å². The summed E-state index contributed by atoms with van der Waals surface area (Å²) in [7, 11) is 1.67. The summed E-state index contributed by atoms with van der Waals surface area (Å²) >= 11 is 0. The van der Waals surface area contributed by atoms with Crippen LogP contribution in [-0.2, 0) is 9.53 Å². The number of rotatable bonds is 6. The number of nitrogens with zero attached hydrogens (tertiary/aromatic N) is 2. The Balaban J connectivity index is 1.55. The van der Waals surface area contributed by atoms with Crippen molar-refractivity contribution < 1.29 is 14.3 Å². The predicted molar refractivity (Wildman–Crippen MR) is 112 cm³/mol. The monoisotopic (exact) mass is 392 g/mol. The third-order valence-corrected chi connectivity index (χ3v) is 6.95. The molecule has 0 N–H and O–H groups in total. The predicted octanol–water partition coefficient (Wildman–Crippen LogP) is 4.13. The second kappa shape index (κ2) is 7.45. The fourth-order valence-corrected chi connectivity index (χ4v) is 5.10. The average Bonchev–Trinajstić information content (AvgIpc) is 3.62. The Hall–Kier alpha value is -2.40. The molecule has 2 aromatic rings. The van der Waals surface area contributed by atoms with E-state index in [1.807, 2.05) is 30.5 Å². The summed E-state index contributed by atoms with van der Waals surface area (Å²) in [5, 5.41) is 1.00. The van der Waals surface area contributed by atoms with E-state index in [0.29, 0.717) is 11.8 Å². The Morgan fingerprint density at radius 1 is 1.31 bits per heavy atom. The van der Waals surface area contributed by atoms with Crippen LogP contribution >= 0.6 is 0 Å². The first-order valence-corrected chi connectivity index (χ1v) is 10.7. The molecule has 5 atom stereocenters. The van der Waals surface area contributed by atoms with E-state index in [-0.39, 0.29) is 24.0 Å². The highest BCUT2D eigenvalue weighted by Gasteiger charge is 2.45. The van der Waals surface area contributed by atoms with Gasteiger partial charge in [0.2, 0.25) is 0 Å². The van der Waals surface area contributed by atoms with Gasteiger partial charge in [-0.25, -0.2) is 0 Å². The maximum atomic E-state index is 12.7. The number of carbonyl (C=O) groups is 1. The van der Waals surface area contributed by atoms with E-state index in [9.17, 15) is 4.79 Å². The first-order valence-electron chi connectivity index (χ1n) is 10.7. The van der Waals surface area contributed by atoms with Gasteiger partial charge in [0.25, 0.3) is 0 Å². The molecule has 1 aromatic carbocycles. The highest BCUT2D eigenvalue weighted by molar-refractivity contribution is 5.84. The van der Waals surface area contributed by atoms with Crippen LogP contribution in [0.4, 0.5) is 0 Å². The van der Waals surface area contributed by atoms with Crippen LogP contribution in [0, 0.1) is 17.8 Å². The summed E-state index contributed by atoms with van der Waals surface area (Å²) in [6.45, 7) is 6.10. The molecule has 152 valence electrons. The van der Waals surface area contributed by atoms with E-state index in [4.69, 9.17) is 9.47 Å². The molecule has 6 rings (SSSR count). The van der Waals surface area contributed by atoms with Gasteiger partial charge in [0, 0.05) is 23.7 Å². The Bertz CT molecular complexity index is 939. The van der Waals surface area contributed by atoms with E-state index in [2.05, 4.69) is 22.5 Å². The van der Waals surface area contributed by atoms with Gasteiger partial charge in [-0.3, -0.25) is 14.7 Å². The largest absolute Gasteiger partial charge is 0.497 e. The van der Waals surface area contributed by atoms with Crippen LogP contribution in [0.1, 0.15) is 37.4 Å². The summed E-state index contributed by atoms with van der Waals surface area (Å²) in [4.78, 5) is 19.7. The molecule has 5 nitrogen and oxygen atoms in total. The zero-order chi connectivity index (χ0) is 20.0. The smallest absolute Gasteiger partial charge is 0.309 e. The number of benzene rings is 1. The van der Waals surface area contributed by atoms with Crippen molar-refractivity contribution >= 4 is 16.9 Å². The number of esters is 1. The molecule has 29 heavy (non-hydrogen) atoms. The first-order chi connectivity index (χ1) is 14.2. The summed E-state index contributed by atoms with van der Waals surface area (Å²) in [5.41, 5.74) is 1.94. The van der Waals surface area contributed by atoms with Crippen LogP contribution in [0.5, 0.6) is 5.75 Å². The molecule has 2 bridgehead atoms. The van der Waals surface area contributed by atoms with Crippen LogP contribution in [0.25, 0.3) is 10.9 Å². The summed E-state index contributed by atoms with van der Waals surface area (Å²) < 4.78 is 11.7. The van der Waals surface area contributed by atoms with Gasteiger partial charge in [-0.15, -0.1) is 6.58 Å². The van der Waals surface area contributed by atoms with Crippen molar-refractivity contribution in [1.29, 1.82) is 0 Å². The van der Waals surface area contributed by atoms with E-state index in [1.165, 1.54) is 6.42 Å². The number of fused-ring (bicyclic) bond motifs is 4. The standard InChI is InChI=1S/C24H28N2O3/c1-3-15-14-26-11-9-17(15)12-22(26)23(29-24(27)16-4-5-16)19-8-10-25-21-7-6-18(28-2)13-20(19)21/h3,6-8,10,13,15-17,22-23H,1,4-5,9,11-12,14H2,2H3/t15-,17-,22+,23-/m0/s1. The summed E-state index contributed by atoms with van der Waals surface area (Å²) in [6, 6.07) is 8.12. The van der Waals surface area contributed by atoms with Crippen molar-refractivity contribution in [3.63, 3.8) is 0 Å². The number of ether oxygens (including phenoxy) is 2. The van der Waals surface area contributed by atoms with Crippen molar-refractivity contribution in [3.8, 4) is 5.75 Å². The van der Waals surface area contributed by atoms with Crippen molar-refractivity contribution in [3.05, 3.63) is 48.7 Å². The van der Waals surface area contributed by atoms with Crippen LogP contribution < -0.4 is 4.74 Å². The third kappa shape index (κ3) is 3.42. The van der Waals surface area contributed by atoms with Crippen LogP contribution in [-0.4, -0.2) is 42.1 Å².